The second-order valence-corrected chi connectivity index (χ2v) is 8.38. The van der Waals surface area contributed by atoms with E-state index in [1.165, 1.54) is 5.56 Å². The average Bonchev–Trinajstić information content (AvgIpc) is 2.96. The molecule has 0 bridgehead atoms. The maximum atomic E-state index is 12.0. The first-order chi connectivity index (χ1) is 11.5. The summed E-state index contributed by atoms with van der Waals surface area (Å²) in [5.74, 6) is 0.174. The topological polar surface area (TPSA) is 58.4 Å². The van der Waals surface area contributed by atoms with E-state index in [0.717, 1.165) is 30.9 Å². The highest BCUT2D eigenvalue weighted by atomic mass is 32.2. The Bertz CT molecular complexity index is 778. The molecule has 0 unspecified atom stereocenters. The molecule has 2 heterocycles. The lowest BCUT2D eigenvalue weighted by Crippen LogP contribution is -2.48. The summed E-state index contributed by atoms with van der Waals surface area (Å²) in [4.78, 5) is 2.30. The Labute approximate surface area is 143 Å². The predicted molar refractivity (Wildman–Crippen MR) is 95.0 cm³/mol. The Morgan fingerprint density at radius 1 is 1.08 bits per heavy atom. The number of benzene rings is 1. The van der Waals surface area contributed by atoms with E-state index in [1.807, 2.05) is 29.9 Å². The van der Waals surface area contributed by atoms with Crippen LogP contribution in [0.4, 0.5) is 0 Å². The van der Waals surface area contributed by atoms with Gasteiger partial charge < -0.3 is 0 Å². The molecule has 0 radical (unpaired) electrons. The van der Waals surface area contributed by atoms with Gasteiger partial charge in [0.05, 0.1) is 11.4 Å². The summed E-state index contributed by atoms with van der Waals surface area (Å²) in [6.45, 7) is 5.13. The zero-order valence-corrected chi connectivity index (χ0v) is 15.0. The lowest BCUT2D eigenvalue weighted by atomic mass is 10.1. The summed E-state index contributed by atoms with van der Waals surface area (Å²) in [6, 6.07) is 10.2. The molecule has 0 atom stereocenters. The van der Waals surface area contributed by atoms with Gasteiger partial charge in [-0.25, -0.2) is 8.42 Å². The van der Waals surface area contributed by atoms with Crippen LogP contribution in [0.5, 0.6) is 0 Å². The molecule has 0 saturated carbocycles. The third-order valence-corrected chi connectivity index (χ3v) is 6.32. The average molecular weight is 348 g/mol. The molecule has 6 nitrogen and oxygen atoms in total. The maximum Gasteiger partial charge on any atom is 0.213 e. The van der Waals surface area contributed by atoms with E-state index in [1.54, 1.807) is 11.2 Å². The number of hydrogen-bond acceptors (Lipinski definition) is 4. The van der Waals surface area contributed by atoms with Gasteiger partial charge in [-0.15, -0.1) is 0 Å². The Kier molecular flexibility index (Phi) is 5.03. The highest BCUT2D eigenvalue weighted by molar-refractivity contribution is 7.89. The van der Waals surface area contributed by atoms with Crippen molar-refractivity contribution in [3.8, 4) is 11.3 Å². The number of piperazine rings is 1. The van der Waals surface area contributed by atoms with Crippen molar-refractivity contribution < 1.29 is 8.42 Å². The Morgan fingerprint density at radius 2 is 1.75 bits per heavy atom. The number of nitrogens with zero attached hydrogens (tertiary/aromatic N) is 4. The first-order valence-electron chi connectivity index (χ1n) is 8.27. The molecule has 24 heavy (non-hydrogen) atoms. The van der Waals surface area contributed by atoms with E-state index in [9.17, 15) is 8.42 Å². The van der Waals surface area contributed by atoms with Gasteiger partial charge in [0, 0.05) is 57.1 Å². The molecule has 1 aromatic heterocycles. The molecule has 1 aliphatic rings. The monoisotopic (exact) mass is 348 g/mol. The van der Waals surface area contributed by atoms with Gasteiger partial charge in [-0.05, 0) is 6.92 Å². The molecule has 7 heteroatoms. The fraction of sp³-hybridized carbons (Fsp3) is 0.471. The molecule has 2 aromatic rings. The van der Waals surface area contributed by atoms with Crippen molar-refractivity contribution >= 4 is 10.0 Å². The molecule has 130 valence electrons. The maximum absolute atomic E-state index is 12.0. The first-order valence-corrected chi connectivity index (χ1v) is 9.88. The van der Waals surface area contributed by atoms with E-state index in [2.05, 4.69) is 28.3 Å². The fourth-order valence-electron chi connectivity index (χ4n) is 3.08. The van der Waals surface area contributed by atoms with Crippen LogP contribution in [0.1, 0.15) is 12.5 Å². The SMILES string of the molecule is CCS(=O)(=O)N1CCN(Cc2cn(C)nc2-c2ccccc2)CC1. The summed E-state index contributed by atoms with van der Waals surface area (Å²) >= 11 is 0. The van der Waals surface area contributed by atoms with Gasteiger partial charge in [0.25, 0.3) is 0 Å². The minimum Gasteiger partial charge on any atom is -0.296 e. The molecule has 0 spiro atoms. The fourth-order valence-corrected chi connectivity index (χ4v) is 4.17. The van der Waals surface area contributed by atoms with E-state index >= 15 is 0 Å². The molecule has 3 rings (SSSR count). The summed E-state index contributed by atoms with van der Waals surface area (Å²) in [5.41, 5.74) is 3.29. The summed E-state index contributed by atoms with van der Waals surface area (Å²) in [5, 5.41) is 4.60. The van der Waals surface area contributed by atoms with Gasteiger partial charge in [0.2, 0.25) is 10.0 Å². The van der Waals surface area contributed by atoms with Crippen molar-refractivity contribution in [2.45, 2.75) is 13.5 Å². The van der Waals surface area contributed by atoms with Crippen molar-refractivity contribution in [1.82, 2.24) is 19.0 Å². The Hall–Kier alpha value is -1.70. The van der Waals surface area contributed by atoms with Crippen LogP contribution in [0.3, 0.4) is 0 Å². The molecule has 1 fully saturated rings. The standard InChI is InChI=1S/C17H24N4O2S/c1-3-24(22,23)21-11-9-20(10-12-21)14-16-13-19(2)18-17(16)15-7-5-4-6-8-15/h4-8,13H,3,9-12,14H2,1-2H3. The van der Waals surface area contributed by atoms with Gasteiger partial charge in [0.1, 0.15) is 0 Å². The zero-order chi connectivity index (χ0) is 17.2. The summed E-state index contributed by atoms with van der Waals surface area (Å²) in [7, 11) is -1.14. The third-order valence-electron chi connectivity index (χ3n) is 4.44. The molecular weight excluding hydrogens is 324 g/mol. The van der Waals surface area contributed by atoms with Crippen molar-refractivity contribution in [2.75, 3.05) is 31.9 Å². The quantitative estimate of drug-likeness (QED) is 0.823. The number of aryl methyl sites for hydroxylation is 1. The molecule has 1 aromatic carbocycles. The highest BCUT2D eigenvalue weighted by Gasteiger charge is 2.26. The highest BCUT2D eigenvalue weighted by Crippen LogP contribution is 2.23. The van der Waals surface area contributed by atoms with E-state index in [0.29, 0.717) is 13.1 Å². The van der Waals surface area contributed by atoms with Crippen LogP contribution < -0.4 is 0 Å². The molecule has 1 saturated heterocycles. The molecule has 0 N–H and O–H groups in total. The van der Waals surface area contributed by atoms with Crippen LogP contribution in [-0.2, 0) is 23.6 Å². The van der Waals surface area contributed by atoms with Gasteiger partial charge in [-0.3, -0.25) is 9.58 Å². The minimum absolute atomic E-state index is 0.174. The van der Waals surface area contributed by atoms with Crippen LogP contribution in [0.2, 0.25) is 0 Å². The number of hydrogen-bond donors (Lipinski definition) is 0. The lowest BCUT2D eigenvalue weighted by molar-refractivity contribution is 0.182. The van der Waals surface area contributed by atoms with Crippen molar-refractivity contribution in [2.24, 2.45) is 7.05 Å². The molecular formula is C17H24N4O2S. The minimum atomic E-state index is -3.07. The number of aromatic nitrogens is 2. The molecule has 0 aliphatic carbocycles. The van der Waals surface area contributed by atoms with Crippen LogP contribution in [0.15, 0.2) is 36.5 Å². The van der Waals surface area contributed by atoms with Crippen LogP contribution >= 0.6 is 0 Å². The Morgan fingerprint density at radius 3 is 2.38 bits per heavy atom. The third kappa shape index (κ3) is 3.68. The van der Waals surface area contributed by atoms with Crippen molar-refractivity contribution in [3.63, 3.8) is 0 Å². The smallest absolute Gasteiger partial charge is 0.213 e. The van der Waals surface area contributed by atoms with Crippen LogP contribution in [0.25, 0.3) is 11.3 Å². The Balaban J connectivity index is 1.70. The van der Waals surface area contributed by atoms with Crippen LogP contribution in [0, 0.1) is 0 Å². The largest absolute Gasteiger partial charge is 0.296 e. The first kappa shape index (κ1) is 17.1. The summed E-state index contributed by atoms with van der Waals surface area (Å²) in [6.07, 6.45) is 2.05. The van der Waals surface area contributed by atoms with Crippen LogP contribution in [-0.4, -0.2) is 59.3 Å². The van der Waals surface area contributed by atoms with E-state index in [4.69, 9.17) is 0 Å². The summed E-state index contributed by atoms with van der Waals surface area (Å²) < 4.78 is 27.4. The lowest BCUT2D eigenvalue weighted by Gasteiger charge is -2.33. The van der Waals surface area contributed by atoms with E-state index in [-0.39, 0.29) is 5.75 Å². The second-order valence-electron chi connectivity index (χ2n) is 6.12. The normalized spacial score (nSPS) is 17.2. The van der Waals surface area contributed by atoms with Gasteiger partial charge in [0.15, 0.2) is 0 Å². The predicted octanol–water partition coefficient (Wildman–Crippen LogP) is 1.55. The van der Waals surface area contributed by atoms with Gasteiger partial charge >= 0.3 is 0 Å². The second kappa shape index (κ2) is 7.04. The zero-order valence-electron chi connectivity index (χ0n) is 14.2. The van der Waals surface area contributed by atoms with E-state index < -0.39 is 10.0 Å². The number of rotatable bonds is 5. The molecule has 1 aliphatic heterocycles. The van der Waals surface area contributed by atoms with Crippen molar-refractivity contribution in [3.05, 3.63) is 42.1 Å². The number of sulfonamides is 1. The van der Waals surface area contributed by atoms with Crippen molar-refractivity contribution in [1.29, 1.82) is 0 Å². The van der Waals surface area contributed by atoms with Gasteiger partial charge in [-0.2, -0.15) is 9.40 Å². The van der Waals surface area contributed by atoms with Gasteiger partial charge in [-0.1, -0.05) is 30.3 Å². The molecule has 0 amide bonds.